The highest BCUT2D eigenvalue weighted by atomic mass is 16.5. The van der Waals surface area contributed by atoms with E-state index in [2.05, 4.69) is 20.8 Å². The van der Waals surface area contributed by atoms with Crippen LogP contribution >= 0.6 is 0 Å². The summed E-state index contributed by atoms with van der Waals surface area (Å²) in [6.45, 7) is 12.0. The average molecular weight is 607 g/mol. The quantitative estimate of drug-likeness (QED) is 0.214. The highest BCUT2D eigenvalue weighted by Crippen LogP contribution is 2.54. The van der Waals surface area contributed by atoms with Crippen LogP contribution in [0.4, 0.5) is 0 Å². The molecule has 5 fully saturated rings. The van der Waals surface area contributed by atoms with Gasteiger partial charge in [-0.1, -0.05) is 65.7 Å². The molecule has 3 aliphatic heterocycles. The van der Waals surface area contributed by atoms with E-state index in [1.807, 2.05) is 21.3 Å². The van der Waals surface area contributed by atoms with Gasteiger partial charge in [0.05, 0.1) is 58.0 Å². The van der Waals surface area contributed by atoms with Crippen LogP contribution in [0.2, 0.25) is 0 Å². The first-order valence-corrected chi connectivity index (χ1v) is 18.3. The fourth-order valence-electron chi connectivity index (χ4n) is 10.7. The Morgan fingerprint density at radius 1 is 0.535 bits per heavy atom. The van der Waals surface area contributed by atoms with Crippen LogP contribution in [0.25, 0.3) is 0 Å². The Morgan fingerprint density at radius 2 is 0.977 bits per heavy atom. The summed E-state index contributed by atoms with van der Waals surface area (Å²) >= 11 is 0. The molecule has 0 amide bonds. The Hall–Kier alpha value is -0.240. The maximum absolute atomic E-state index is 6.68. The normalized spacial score (nSPS) is 35.0. The Kier molecular flexibility index (Phi) is 12.0. The first-order valence-electron chi connectivity index (χ1n) is 18.3. The predicted octanol–water partition coefficient (Wildman–Crippen LogP) is 7.71. The molecular weight excluding hydrogens is 540 g/mol. The van der Waals surface area contributed by atoms with Gasteiger partial charge in [-0.15, -0.1) is 0 Å². The zero-order valence-electron chi connectivity index (χ0n) is 28.7. The van der Waals surface area contributed by atoms with E-state index in [9.17, 15) is 0 Å². The van der Waals surface area contributed by atoms with Crippen molar-refractivity contribution in [1.29, 1.82) is 0 Å². The molecule has 6 heteroatoms. The lowest BCUT2D eigenvalue weighted by Crippen LogP contribution is -2.59. The van der Waals surface area contributed by atoms with Crippen LogP contribution in [0.3, 0.4) is 0 Å². The van der Waals surface area contributed by atoms with E-state index in [1.54, 1.807) is 0 Å². The van der Waals surface area contributed by atoms with Crippen molar-refractivity contribution in [2.45, 2.75) is 129 Å². The number of hydrogen-bond donors (Lipinski definition) is 0. The maximum Gasteiger partial charge on any atom is 0.0702 e. The minimum absolute atomic E-state index is 0.110. The molecule has 3 heterocycles. The average Bonchev–Trinajstić information content (AvgIpc) is 2.92. The molecule has 6 nitrogen and oxygen atoms in total. The molecule has 3 saturated heterocycles. The van der Waals surface area contributed by atoms with Crippen LogP contribution in [-0.4, -0.2) is 79.3 Å². The smallest absolute Gasteiger partial charge is 0.0702 e. The second kappa shape index (κ2) is 15.1. The monoisotopic (exact) mass is 606 g/mol. The third-order valence-electron chi connectivity index (χ3n) is 13.6. The molecule has 0 spiro atoms. The molecule has 0 radical (unpaired) electrons. The highest BCUT2D eigenvalue weighted by molar-refractivity contribution is 5.04. The Balaban J connectivity index is 1.55. The molecular formula is C37H66O6. The van der Waals surface area contributed by atoms with E-state index in [-0.39, 0.29) is 34.6 Å². The molecule has 2 saturated carbocycles. The van der Waals surface area contributed by atoms with Crippen molar-refractivity contribution < 1.29 is 28.4 Å². The van der Waals surface area contributed by atoms with Crippen molar-refractivity contribution >= 4 is 0 Å². The van der Waals surface area contributed by atoms with Gasteiger partial charge in [0, 0.05) is 37.6 Å². The van der Waals surface area contributed by atoms with Gasteiger partial charge in [-0.2, -0.15) is 0 Å². The second-order valence-electron chi connectivity index (χ2n) is 15.6. The van der Waals surface area contributed by atoms with Gasteiger partial charge in [0.2, 0.25) is 0 Å². The van der Waals surface area contributed by atoms with Crippen molar-refractivity contribution in [2.75, 3.05) is 61.0 Å². The van der Waals surface area contributed by atoms with Gasteiger partial charge in [-0.25, -0.2) is 0 Å². The molecule has 2 aliphatic carbocycles. The summed E-state index contributed by atoms with van der Waals surface area (Å²) in [5.41, 5.74) is 0.393. The van der Waals surface area contributed by atoms with Crippen molar-refractivity contribution in [3.8, 4) is 0 Å². The van der Waals surface area contributed by atoms with Crippen molar-refractivity contribution in [3.05, 3.63) is 0 Å². The Bertz CT molecular complexity index is 810. The van der Waals surface area contributed by atoms with E-state index in [1.165, 1.54) is 64.2 Å². The van der Waals surface area contributed by atoms with Gasteiger partial charge >= 0.3 is 0 Å². The minimum atomic E-state index is 0.110. The van der Waals surface area contributed by atoms with Gasteiger partial charge in [0.25, 0.3) is 0 Å². The van der Waals surface area contributed by atoms with Crippen molar-refractivity contribution in [2.24, 2.45) is 45.8 Å². The maximum atomic E-state index is 6.68. The predicted molar refractivity (Wildman–Crippen MR) is 171 cm³/mol. The molecule has 0 bridgehead atoms. The van der Waals surface area contributed by atoms with Crippen LogP contribution in [0.5, 0.6) is 0 Å². The number of rotatable bonds is 13. The van der Waals surface area contributed by atoms with Crippen molar-refractivity contribution in [1.82, 2.24) is 0 Å². The molecule has 5 aliphatic rings. The zero-order chi connectivity index (χ0) is 30.5. The molecule has 7 atom stereocenters. The number of methoxy groups -OCH3 is 3. The molecule has 250 valence electrons. The fourth-order valence-corrected chi connectivity index (χ4v) is 10.7. The lowest BCUT2D eigenvalue weighted by atomic mass is 9.57. The summed E-state index contributed by atoms with van der Waals surface area (Å²) in [4.78, 5) is 0. The van der Waals surface area contributed by atoms with Gasteiger partial charge in [0.1, 0.15) is 0 Å². The minimum Gasteiger partial charge on any atom is -0.380 e. The molecule has 0 aromatic rings. The van der Waals surface area contributed by atoms with Gasteiger partial charge < -0.3 is 28.4 Å². The van der Waals surface area contributed by atoms with E-state index < -0.39 is 0 Å². The fraction of sp³-hybridized carbons (Fsp3) is 1.00. The van der Waals surface area contributed by atoms with Gasteiger partial charge in [-0.3, -0.25) is 0 Å². The summed E-state index contributed by atoms with van der Waals surface area (Å²) in [6, 6.07) is 0. The lowest BCUT2D eigenvalue weighted by Gasteiger charge is -2.56. The molecule has 0 aromatic carbocycles. The van der Waals surface area contributed by atoms with E-state index in [0.717, 1.165) is 71.2 Å². The first kappa shape index (κ1) is 34.1. The highest BCUT2D eigenvalue weighted by Gasteiger charge is 2.56. The van der Waals surface area contributed by atoms with E-state index in [4.69, 9.17) is 28.4 Å². The molecule has 0 N–H and O–H groups in total. The largest absolute Gasteiger partial charge is 0.380 e. The molecule has 43 heavy (non-hydrogen) atoms. The first-order chi connectivity index (χ1) is 20.9. The molecule has 7 unspecified atom stereocenters. The van der Waals surface area contributed by atoms with E-state index >= 15 is 0 Å². The Morgan fingerprint density at radius 3 is 1.40 bits per heavy atom. The summed E-state index contributed by atoms with van der Waals surface area (Å²) in [5.74, 6) is 2.92. The summed E-state index contributed by atoms with van der Waals surface area (Å²) in [7, 11) is 5.93. The number of ether oxygens (including phenoxy) is 6. The molecule has 0 aromatic heterocycles. The van der Waals surface area contributed by atoms with Crippen LogP contribution in [0.15, 0.2) is 0 Å². The summed E-state index contributed by atoms with van der Waals surface area (Å²) in [5, 5.41) is 0. The summed E-state index contributed by atoms with van der Waals surface area (Å²) < 4.78 is 37.6. The zero-order valence-corrected chi connectivity index (χ0v) is 28.7. The van der Waals surface area contributed by atoms with Crippen LogP contribution in [0.1, 0.15) is 111 Å². The molecule has 5 rings (SSSR count). The lowest BCUT2D eigenvalue weighted by molar-refractivity contribution is -0.227. The van der Waals surface area contributed by atoms with Crippen LogP contribution in [0, 0.1) is 45.8 Å². The van der Waals surface area contributed by atoms with Crippen molar-refractivity contribution in [3.63, 3.8) is 0 Å². The summed E-state index contributed by atoms with van der Waals surface area (Å²) in [6.07, 6.45) is 18.6. The third kappa shape index (κ3) is 6.63. The Labute approximate surface area is 264 Å². The van der Waals surface area contributed by atoms with E-state index in [0.29, 0.717) is 23.7 Å². The number of hydrogen-bond acceptors (Lipinski definition) is 6. The SMILES string of the molecule is CCC1(C(OC)C2CCC(C3CCCCCCC3)C(C(OC)C3(CC)COC3)CC(C(OC)C3(CC)COC3)C2)COC1. The van der Waals surface area contributed by atoms with Crippen LogP contribution < -0.4 is 0 Å². The van der Waals surface area contributed by atoms with Gasteiger partial charge in [0.15, 0.2) is 0 Å². The van der Waals surface area contributed by atoms with Crippen LogP contribution in [-0.2, 0) is 28.4 Å². The second-order valence-corrected chi connectivity index (χ2v) is 15.6. The third-order valence-corrected chi connectivity index (χ3v) is 13.6. The topological polar surface area (TPSA) is 55.4 Å². The van der Waals surface area contributed by atoms with Gasteiger partial charge in [-0.05, 0) is 74.5 Å². The standard InChI is InChI=1S/C37H66O6/c1-7-35(21-41-22-35)32(38-4)28-17-18-30(27-15-13-11-10-12-14-16-27)31(34(40-6)37(9-3)25-43-26-37)20-29(19-28)33(39-5)36(8-2)23-42-24-36/h27-34H,7-26H2,1-6H3.